The van der Waals surface area contributed by atoms with Gasteiger partial charge in [-0.05, 0) is 5.92 Å². The molecule has 0 atom stereocenters. The van der Waals surface area contributed by atoms with Crippen molar-refractivity contribution in [2.24, 2.45) is 7.05 Å². The lowest BCUT2D eigenvalue weighted by Crippen LogP contribution is -2.23. The zero-order chi connectivity index (χ0) is 18.0. The van der Waals surface area contributed by atoms with Gasteiger partial charge in [-0.1, -0.05) is 27.7 Å². The zero-order valence-corrected chi connectivity index (χ0v) is 16.1. The lowest BCUT2D eigenvalue weighted by atomic mass is 10.1. The summed E-state index contributed by atoms with van der Waals surface area (Å²) in [7, 11) is 7.86. The molecule has 0 fully saturated rings. The largest absolute Gasteiger partial charge is 0.347 e. The maximum Gasteiger partial charge on any atom is 0.230 e. The van der Waals surface area contributed by atoms with Crippen LogP contribution in [0.1, 0.15) is 56.6 Å². The van der Waals surface area contributed by atoms with E-state index in [0.717, 1.165) is 18.1 Å². The molecule has 0 N–H and O–H groups in total. The Morgan fingerprint density at radius 2 is 1.58 bits per heavy atom. The second-order valence-electron chi connectivity index (χ2n) is 7.07. The van der Waals surface area contributed by atoms with Gasteiger partial charge in [0.15, 0.2) is 0 Å². The molecule has 7 nitrogen and oxygen atoms in total. The Kier molecular flexibility index (Phi) is 5.41. The van der Waals surface area contributed by atoms with Crippen LogP contribution in [0.2, 0.25) is 0 Å². The minimum absolute atomic E-state index is 0.253. The molecule has 0 aliphatic carbocycles. The van der Waals surface area contributed by atoms with Crippen LogP contribution in [0, 0.1) is 0 Å². The minimum Gasteiger partial charge on any atom is -0.347 e. The first kappa shape index (κ1) is 18.2. The van der Waals surface area contributed by atoms with E-state index in [1.54, 1.807) is 0 Å². The molecule has 0 aliphatic heterocycles. The van der Waals surface area contributed by atoms with Gasteiger partial charge in [0.05, 0.1) is 5.69 Å². The van der Waals surface area contributed by atoms with Crippen LogP contribution in [0.3, 0.4) is 0 Å². The first-order valence-electron chi connectivity index (χ1n) is 8.35. The average Bonchev–Trinajstić information content (AvgIpc) is 2.87. The number of anilines is 2. The van der Waals surface area contributed by atoms with Crippen molar-refractivity contribution in [1.29, 1.82) is 0 Å². The molecule has 0 aliphatic rings. The Morgan fingerprint density at radius 3 is 2.12 bits per heavy atom. The van der Waals surface area contributed by atoms with Crippen LogP contribution in [-0.2, 0) is 13.6 Å². The molecule has 24 heavy (non-hydrogen) atoms. The molecule has 0 saturated heterocycles. The number of hydrogen-bond donors (Lipinski definition) is 0. The Labute approximate surface area is 144 Å². The second kappa shape index (κ2) is 7.15. The summed E-state index contributed by atoms with van der Waals surface area (Å²) in [4.78, 5) is 17.7. The zero-order valence-electron chi connectivity index (χ0n) is 16.1. The van der Waals surface area contributed by atoms with Gasteiger partial charge in [0.1, 0.15) is 5.82 Å². The highest BCUT2D eigenvalue weighted by molar-refractivity contribution is 5.39. The molecule has 0 amide bonds. The molecule has 7 heteroatoms. The highest BCUT2D eigenvalue weighted by Crippen LogP contribution is 2.22. The van der Waals surface area contributed by atoms with Crippen LogP contribution in [-0.4, -0.2) is 45.9 Å². The van der Waals surface area contributed by atoms with E-state index in [9.17, 15) is 0 Å². The summed E-state index contributed by atoms with van der Waals surface area (Å²) in [6, 6.07) is 0. The monoisotopic (exact) mass is 331 g/mol. The van der Waals surface area contributed by atoms with E-state index in [1.165, 1.54) is 5.56 Å². The van der Waals surface area contributed by atoms with Crippen molar-refractivity contribution in [1.82, 2.24) is 24.7 Å². The summed E-state index contributed by atoms with van der Waals surface area (Å²) in [5.74, 6) is 2.83. The van der Waals surface area contributed by atoms with Gasteiger partial charge >= 0.3 is 0 Å². The summed E-state index contributed by atoms with van der Waals surface area (Å²) in [6.07, 6.45) is 2.07. The molecule has 2 rings (SSSR count). The number of nitrogens with zero attached hydrogens (tertiary/aromatic N) is 7. The van der Waals surface area contributed by atoms with E-state index in [-0.39, 0.29) is 5.92 Å². The lowest BCUT2D eigenvalue weighted by Gasteiger charge is -2.21. The fourth-order valence-electron chi connectivity index (χ4n) is 2.49. The van der Waals surface area contributed by atoms with Crippen molar-refractivity contribution >= 4 is 11.9 Å². The molecule has 0 radical (unpaired) electrons. The third-order valence-corrected chi connectivity index (χ3v) is 3.78. The van der Waals surface area contributed by atoms with Crippen molar-refractivity contribution in [2.45, 2.75) is 46.1 Å². The Balaban J connectivity index is 2.34. The number of hydrogen-bond acceptors (Lipinski definition) is 6. The summed E-state index contributed by atoms with van der Waals surface area (Å²) in [5.41, 5.74) is 2.32. The standard InChI is InChI=1S/C17H29N7/c1-11(2)14-13(10-24(8)21-14)9-23(7)17-19-15(12(3)4)18-16(20-17)22(5)6/h10-12H,9H2,1-8H3. The molecule has 0 saturated carbocycles. The topological polar surface area (TPSA) is 63.0 Å². The van der Waals surface area contributed by atoms with Gasteiger partial charge in [0.2, 0.25) is 11.9 Å². The molecule has 2 heterocycles. The van der Waals surface area contributed by atoms with Crippen LogP contribution in [0.5, 0.6) is 0 Å². The molecule has 0 unspecified atom stereocenters. The fraction of sp³-hybridized carbons (Fsp3) is 0.647. The van der Waals surface area contributed by atoms with Gasteiger partial charge in [-0.25, -0.2) is 0 Å². The molecule has 0 aromatic carbocycles. The molecule has 2 aromatic heterocycles. The third kappa shape index (κ3) is 4.01. The van der Waals surface area contributed by atoms with Crippen LogP contribution in [0.15, 0.2) is 6.20 Å². The first-order valence-corrected chi connectivity index (χ1v) is 8.35. The number of aryl methyl sites for hydroxylation is 1. The fourth-order valence-corrected chi connectivity index (χ4v) is 2.49. The molecular weight excluding hydrogens is 302 g/mol. The Morgan fingerprint density at radius 1 is 0.958 bits per heavy atom. The van der Waals surface area contributed by atoms with Crippen molar-refractivity contribution in [2.75, 3.05) is 30.9 Å². The van der Waals surface area contributed by atoms with Crippen molar-refractivity contribution in [3.8, 4) is 0 Å². The van der Waals surface area contributed by atoms with Gasteiger partial charge in [0, 0.05) is 52.4 Å². The summed E-state index contributed by atoms with van der Waals surface area (Å²) < 4.78 is 1.87. The van der Waals surface area contributed by atoms with Gasteiger partial charge in [-0.3, -0.25) is 4.68 Å². The SMILES string of the molecule is CC(C)c1nc(N(C)C)nc(N(C)Cc2cn(C)nc2C(C)C)n1. The summed E-state index contributed by atoms with van der Waals surface area (Å²) in [5, 5.41) is 4.58. The molecule has 0 bridgehead atoms. The predicted molar refractivity (Wildman–Crippen MR) is 97.6 cm³/mol. The van der Waals surface area contributed by atoms with E-state index in [2.05, 4.69) is 58.8 Å². The van der Waals surface area contributed by atoms with E-state index >= 15 is 0 Å². The quantitative estimate of drug-likeness (QED) is 0.810. The van der Waals surface area contributed by atoms with Gasteiger partial charge < -0.3 is 9.80 Å². The van der Waals surface area contributed by atoms with E-state index in [1.807, 2.05) is 37.8 Å². The van der Waals surface area contributed by atoms with Gasteiger partial charge in [0.25, 0.3) is 0 Å². The van der Waals surface area contributed by atoms with Crippen LogP contribution >= 0.6 is 0 Å². The molecular formula is C17H29N7. The normalized spacial score (nSPS) is 11.4. The van der Waals surface area contributed by atoms with Gasteiger partial charge in [-0.15, -0.1) is 0 Å². The molecule has 132 valence electrons. The first-order chi connectivity index (χ1) is 11.2. The van der Waals surface area contributed by atoms with Crippen LogP contribution in [0.4, 0.5) is 11.9 Å². The highest BCUT2D eigenvalue weighted by Gasteiger charge is 2.17. The van der Waals surface area contributed by atoms with E-state index in [0.29, 0.717) is 17.8 Å². The predicted octanol–water partition coefficient (Wildman–Crippen LogP) is 2.55. The smallest absolute Gasteiger partial charge is 0.230 e. The van der Waals surface area contributed by atoms with Gasteiger partial charge in [-0.2, -0.15) is 20.1 Å². The summed E-state index contributed by atoms with van der Waals surface area (Å²) in [6.45, 7) is 9.23. The number of aromatic nitrogens is 5. The maximum atomic E-state index is 4.64. The van der Waals surface area contributed by atoms with E-state index in [4.69, 9.17) is 0 Å². The molecule has 2 aromatic rings. The average molecular weight is 331 g/mol. The second-order valence-corrected chi connectivity index (χ2v) is 7.07. The Hall–Kier alpha value is -2.18. The third-order valence-electron chi connectivity index (χ3n) is 3.78. The molecule has 0 spiro atoms. The Bertz CT molecular complexity index is 662. The minimum atomic E-state index is 0.253. The van der Waals surface area contributed by atoms with Crippen molar-refractivity contribution in [3.05, 3.63) is 23.3 Å². The highest BCUT2D eigenvalue weighted by atomic mass is 15.3. The van der Waals surface area contributed by atoms with Crippen molar-refractivity contribution in [3.63, 3.8) is 0 Å². The lowest BCUT2D eigenvalue weighted by molar-refractivity contribution is 0.709. The van der Waals surface area contributed by atoms with Crippen LogP contribution in [0.25, 0.3) is 0 Å². The van der Waals surface area contributed by atoms with Crippen LogP contribution < -0.4 is 9.80 Å². The summed E-state index contributed by atoms with van der Waals surface area (Å²) >= 11 is 0. The van der Waals surface area contributed by atoms with Crippen molar-refractivity contribution < 1.29 is 0 Å². The van der Waals surface area contributed by atoms with E-state index < -0.39 is 0 Å². The maximum absolute atomic E-state index is 4.64. The number of rotatable bonds is 6.